The number of nitrogens with one attached hydrogen (secondary N) is 2. The maximum absolute atomic E-state index is 12.2. The molecule has 0 spiro atoms. The molecule has 0 bridgehead atoms. The van der Waals surface area contributed by atoms with E-state index in [4.69, 9.17) is 27.9 Å². The molecule has 0 atom stereocenters. The fourth-order valence-corrected chi connectivity index (χ4v) is 3.30. The number of carbonyl (C=O) groups excluding carboxylic acids is 1. The van der Waals surface area contributed by atoms with Crippen molar-refractivity contribution >= 4 is 45.2 Å². The zero-order valence-electron chi connectivity index (χ0n) is 13.7. The monoisotopic (exact) mass is 414 g/mol. The standard InChI is InChI=1S/C17H16Cl2N2O4S/c1-2-25-12-6-8-13(9-7-12)26(23,24)21-20-17(22)11-10-14-15(18)4-3-5-16(14)19/h3-11,21H,2H2,1H3,(H,20,22)/b11-10+. The minimum absolute atomic E-state index is 0.0145. The van der Waals surface area contributed by atoms with Gasteiger partial charge >= 0.3 is 0 Å². The number of amides is 1. The van der Waals surface area contributed by atoms with Gasteiger partial charge in [0.2, 0.25) is 0 Å². The van der Waals surface area contributed by atoms with Crippen molar-refractivity contribution in [3.8, 4) is 5.75 Å². The summed E-state index contributed by atoms with van der Waals surface area (Å²) < 4.78 is 29.6. The van der Waals surface area contributed by atoms with Gasteiger partial charge in [0.15, 0.2) is 0 Å². The number of hydrogen-bond donors (Lipinski definition) is 2. The Balaban J connectivity index is 2.00. The highest BCUT2D eigenvalue weighted by Gasteiger charge is 2.14. The van der Waals surface area contributed by atoms with Crippen molar-refractivity contribution in [2.75, 3.05) is 6.61 Å². The Bertz CT molecular complexity index is 893. The molecule has 9 heteroatoms. The lowest BCUT2D eigenvalue weighted by atomic mass is 10.2. The minimum atomic E-state index is -3.91. The summed E-state index contributed by atoms with van der Waals surface area (Å²) in [6, 6.07) is 10.7. The Kier molecular flexibility index (Phi) is 7.05. The number of carbonyl (C=O) groups is 1. The molecule has 0 saturated carbocycles. The summed E-state index contributed by atoms with van der Waals surface area (Å²) in [4.78, 5) is 13.8. The highest BCUT2D eigenvalue weighted by atomic mass is 35.5. The zero-order valence-corrected chi connectivity index (χ0v) is 16.0. The molecule has 2 aromatic rings. The van der Waals surface area contributed by atoms with Crippen LogP contribution in [0.15, 0.2) is 53.4 Å². The largest absolute Gasteiger partial charge is 0.494 e. The number of halogens is 2. The van der Waals surface area contributed by atoms with Crippen LogP contribution >= 0.6 is 23.2 Å². The molecule has 138 valence electrons. The van der Waals surface area contributed by atoms with E-state index in [-0.39, 0.29) is 4.90 Å². The quantitative estimate of drug-likeness (QED) is 0.536. The van der Waals surface area contributed by atoms with Gasteiger partial charge in [0.25, 0.3) is 15.9 Å². The molecule has 26 heavy (non-hydrogen) atoms. The second-order valence-corrected chi connectivity index (χ2v) is 7.46. The van der Waals surface area contributed by atoms with Crippen molar-refractivity contribution < 1.29 is 17.9 Å². The van der Waals surface area contributed by atoms with Crippen molar-refractivity contribution in [2.24, 2.45) is 0 Å². The maximum Gasteiger partial charge on any atom is 0.258 e. The van der Waals surface area contributed by atoms with E-state index in [1.807, 2.05) is 11.8 Å². The van der Waals surface area contributed by atoms with Crippen molar-refractivity contribution in [3.63, 3.8) is 0 Å². The zero-order chi connectivity index (χ0) is 19.2. The lowest BCUT2D eigenvalue weighted by molar-refractivity contribution is -0.116. The average molecular weight is 415 g/mol. The molecule has 0 radical (unpaired) electrons. The van der Waals surface area contributed by atoms with E-state index < -0.39 is 15.9 Å². The molecule has 0 fully saturated rings. The number of rotatable bonds is 7. The summed E-state index contributed by atoms with van der Waals surface area (Å²) in [7, 11) is -3.91. The van der Waals surface area contributed by atoms with Gasteiger partial charge in [-0.1, -0.05) is 29.3 Å². The van der Waals surface area contributed by atoms with Crippen LogP contribution in [0.5, 0.6) is 5.75 Å². The summed E-state index contributed by atoms with van der Waals surface area (Å²) >= 11 is 12.0. The van der Waals surface area contributed by atoms with Crippen LogP contribution < -0.4 is 15.0 Å². The Morgan fingerprint density at radius 3 is 2.31 bits per heavy atom. The van der Waals surface area contributed by atoms with Crippen LogP contribution in [0.1, 0.15) is 12.5 Å². The second kappa shape index (κ2) is 9.05. The van der Waals surface area contributed by atoms with E-state index in [9.17, 15) is 13.2 Å². The van der Waals surface area contributed by atoms with Crippen molar-refractivity contribution in [1.29, 1.82) is 0 Å². The molecular formula is C17H16Cl2N2O4S. The molecule has 0 aromatic heterocycles. The first-order valence-electron chi connectivity index (χ1n) is 7.50. The summed E-state index contributed by atoms with van der Waals surface area (Å²) in [6.45, 7) is 2.30. The van der Waals surface area contributed by atoms with Gasteiger partial charge in [0, 0.05) is 21.7 Å². The molecule has 6 nitrogen and oxygen atoms in total. The fourth-order valence-electron chi connectivity index (χ4n) is 1.93. The Morgan fingerprint density at radius 1 is 1.12 bits per heavy atom. The molecule has 0 aliphatic carbocycles. The van der Waals surface area contributed by atoms with E-state index in [0.29, 0.717) is 28.0 Å². The lowest BCUT2D eigenvalue weighted by Gasteiger charge is -2.08. The molecule has 0 unspecified atom stereocenters. The van der Waals surface area contributed by atoms with Gasteiger partial charge in [-0.25, -0.2) is 8.42 Å². The summed E-state index contributed by atoms with van der Waals surface area (Å²) in [5.74, 6) is -0.134. The highest BCUT2D eigenvalue weighted by Crippen LogP contribution is 2.25. The first kappa shape index (κ1) is 20.3. The summed E-state index contributed by atoms with van der Waals surface area (Å²) in [5, 5.41) is 0.744. The molecule has 0 aliphatic rings. The van der Waals surface area contributed by atoms with Gasteiger partial charge in [-0.15, -0.1) is 4.83 Å². The van der Waals surface area contributed by atoms with Crippen molar-refractivity contribution in [2.45, 2.75) is 11.8 Å². The molecule has 0 heterocycles. The highest BCUT2D eigenvalue weighted by molar-refractivity contribution is 7.89. The van der Waals surface area contributed by atoms with Gasteiger partial charge in [0.05, 0.1) is 11.5 Å². The average Bonchev–Trinajstić information content (AvgIpc) is 2.60. The van der Waals surface area contributed by atoms with Crippen LogP contribution in [0.4, 0.5) is 0 Å². The van der Waals surface area contributed by atoms with Gasteiger partial charge < -0.3 is 4.74 Å². The predicted octanol–water partition coefficient (Wildman–Crippen LogP) is 3.42. The Morgan fingerprint density at radius 2 is 1.73 bits per heavy atom. The molecule has 2 rings (SSSR count). The molecule has 0 aliphatic heterocycles. The number of sulfonamides is 1. The van der Waals surface area contributed by atoms with Gasteiger partial charge in [-0.05, 0) is 49.4 Å². The van der Waals surface area contributed by atoms with Crippen molar-refractivity contribution in [1.82, 2.24) is 10.3 Å². The normalized spacial score (nSPS) is 11.5. The van der Waals surface area contributed by atoms with Crippen LogP contribution in [-0.2, 0) is 14.8 Å². The second-order valence-electron chi connectivity index (χ2n) is 4.97. The first-order chi connectivity index (χ1) is 12.3. The fraction of sp³-hybridized carbons (Fsp3) is 0.118. The van der Waals surface area contributed by atoms with E-state index in [1.54, 1.807) is 18.2 Å². The lowest BCUT2D eigenvalue weighted by Crippen LogP contribution is -2.40. The van der Waals surface area contributed by atoms with E-state index in [2.05, 4.69) is 5.43 Å². The van der Waals surface area contributed by atoms with E-state index in [1.165, 1.54) is 30.3 Å². The third kappa shape index (κ3) is 5.47. The van der Waals surface area contributed by atoms with Crippen LogP contribution in [-0.4, -0.2) is 20.9 Å². The number of hydrazine groups is 1. The third-order valence-corrected chi connectivity index (χ3v) is 5.08. The van der Waals surface area contributed by atoms with E-state index in [0.717, 1.165) is 6.08 Å². The Hall–Kier alpha value is -2.06. The number of benzene rings is 2. The Labute approximate surface area is 161 Å². The van der Waals surface area contributed by atoms with E-state index >= 15 is 0 Å². The van der Waals surface area contributed by atoms with Crippen LogP contribution in [0, 0.1) is 0 Å². The molecule has 1 amide bonds. The van der Waals surface area contributed by atoms with Crippen LogP contribution in [0.2, 0.25) is 10.0 Å². The molecule has 2 N–H and O–H groups in total. The maximum atomic E-state index is 12.2. The van der Waals surface area contributed by atoms with Crippen molar-refractivity contribution in [3.05, 3.63) is 64.1 Å². The summed E-state index contributed by atoms with van der Waals surface area (Å²) in [6.07, 6.45) is 2.51. The number of hydrogen-bond acceptors (Lipinski definition) is 4. The van der Waals surface area contributed by atoms with Gasteiger partial charge in [-0.2, -0.15) is 0 Å². The SMILES string of the molecule is CCOc1ccc(S(=O)(=O)NNC(=O)/C=C/c2c(Cl)cccc2Cl)cc1. The molecule has 0 saturated heterocycles. The predicted molar refractivity (Wildman–Crippen MR) is 102 cm³/mol. The molecule has 2 aromatic carbocycles. The smallest absolute Gasteiger partial charge is 0.258 e. The van der Waals surface area contributed by atoms with Crippen LogP contribution in [0.25, 0.3) is 6.08 Å². The third-order valence-electron chi connectivity index (χ3n) is 3.15. The number of ether oxygens (including phenoxy) is 1. The van der Waals surface area contributed by atoms with Gasteiger partial charge in [-0.3, -0.25) is 10.2 Å². The van der Waals surface area contributed by atoms with Gasteiger partial charge in [0.1, 0.15) is 5.75 Å². The van der Waals surface area contributed by atoms with Crippen LogP contribution in [0.3, 0.4) is 0 Å². The molecular weight excluding hydrogens is 399 g/mol. The minimum Gasteiger partial charge on any atom is -0.494 e. The first-order valence-corrected chi connectivity index (χ1v) is 9.74. The topological polar surface area (TPSA) is 84.5 Å². The summed E-state index contributed by atoms with van der Waals surface area (Å²) in [5.41, 5.74) is 2.55.